The summed E-state index contributed by atoms with van der Waals surface area (Å²) in [6.07, 6.45) is 9.90. The fourth-order valence-electron chi connectivity index (χ4n) is 4.00. The van der Waals surface area contributed by atoms with Crippen molar-refractivity contribution in [2.75, 3.05) is 5.75 Å². The molecule has 0 radical (unpaired) electrons. The summed E-state index contributed by atoms with van der Waals surface area (Å²) in [4.78, 5) is 12.0. The van der Waals surface area contributed by atoms with Crippen molar-refractivity contribution in [2.24, 2.45) is 11.7 Å². The minimum Gasteiger partial charge on any atom is -0.368 e. The fraction of sp³-hybridized carbons (Fsp3) is 0.938. The van der Waals surface area contributed by atoms with Gasteiger partial charge in [-0.2, -0.15) is 11.8 Å². The van der Waals surface area contributed by atoms with Gasteiger partial charge in [0.2, 0.25) is 5.91 Å². The third kappa shape index (κ3) is 3.70. The van der Waals surface area contributed by atoms with E-state index in [9.17, 15) is 4.79 Å². The van der Waals surface area contributed by atoms with Crippen LogP contribution in [-0.4, -0.2) is 28.5 Å². The Morgan fingerprint density at radius 2 is 2.00 bits per heavy atom. The average Bonchev–Trinajstić information content (AvgIpc) is 2.99. The van der Waals surface area contributed by atoms with Gasteiger partial charge in [0.1, 0.15) is 5.54 Å². The lowest BCUT2D eigenvalue weighted by Gasteiger charge is -2.35. The second-order valence-electron chi connectivity index (χ2n) is 6.79. The molecule has 3 N–H and O–H groups in total. The number of nitrogens with two attached hydrogens (primary N) is 1. The van der Waals surface area contributed by atoms with Crippen molar-refractivity contribution in [3.8, 4) is 0 Å². The second kappa shape index (κ2) is 7.17. The Hall–Kier alpha value is -0.220. The molecule has 1 amide bonds. The number of amides is 1. The first-order valence-electron chi connectivity index (χ1n) is 8.24. The highest BCUT2D eigenvalue weighted by Crippen LogP contribution is 2.40. The number of carbonyl (C=O) groups excluding carboxylic acids is 1. The van der Waals surface area contributed by atoms with E-state index in [2.05, 4.69) is 30.9 Å². The first-order chi connectivity index (χ1) is 9.54. The van der Waals surface area contributed by atoms with Crippen molar-refractivity contribution in [1.82, 2.24) is 5.32 Å². The number of carbonyl (C=O) groups is 1. The molecule has 0 aromatic carbocycles. The molecule has 0 aromatic rings. The SMILES string of the molecule is CC(C)NC1(C(N)=O)CCCC1CCSC1CCCC1. The van der Waals surface area contributed by atoms with Crippen LogP contribution in [0.1, 0.15) is 65.2 Å². The summed E-state index contributed by atoms with van der Waals surface area (Å²) >= 11 is 2.12. The molecule has 20 heavy (non-hydrogen) atoms. The fourth-order valence-corrected chi connectivity index (χ4v) is 5.42. The molecular formula is C16H30N2OS. The number of primary amides is 1. The maximum absolute atomic E-state index is 12.0. The van der Waals surface area contributed by atoms with E-state index in [4.69, 9.17) is 5.73 Å². The van der Waals surface area contributed by atoms with E-state index in [1.807, 2.05) is 0 Å². The third-order valence-electron chi connectivity index (χ3n) is 4.93. The van der Waals surface area contributed by atoms with Crippen molar-refractivity contribution < 1.29 is 4.79 Å². The molecule has 0 saturated heterocycles. The lowest BCUT2D eigenvalue weighted by atomic mass is 9.83. The molecule has 2 aliphatic carbocycles. The van der Waals surface area contributed by atoms with E-state index >= 15 is 0 Å². The summed E-state index contributed by atoms with van der Waals surface area (Å²) in [5.74, 6) is 1.47. The van der Waals surface area contributed by atoms with Crippen LogP contribution in [0.4, 0.5) is 0 Å². The Balaban J connectivity index is 1.88. The van der Waals surface area contributed by atoms with Gasteiger partial charge in [0.15, 0.2) is 0 Å². The summed E-state index contributed by atoms with van der Waals surface area (Å²) in [7, 11) is 0. The second-order valence-corrected chi connectivity index (χ2v) is 8.20. The summed E-state index contributed by atoms with van der Waals surface area (Å²) in [5.41, 5.74) is 5.32. The van der Waals surface area contributed by atoms with Crippen molar-refractivity contribution in [1.29, 1.82) is 0 Å². The molecule has 2 aliphatic rings. The summed E-state index contributed by atoms with van der Waals surface area (Å²) in [5, 5.41) is 4.37. The van der Waals surface area contributed by atoms with Crippen LogP contribution in [0, 0.1) is 5.92 Å². The molecule has 2 atom stereocenters. The monoisotopic (exact) mass is 298 g/mol. The third-order valence-corrected chi connectivity index (χ3v) is 6.34. The first-order valence-corrected chi connectivity index (χ1v) is 9.28. The highest BCUT2D eigenvalue weighted by Gasteiger charge is 2.47. The Kier molecular flexibility index (Phi) is 5.79. The molecule has 3 nitrogen and oxygen atoms in total. The smallest absolute Gasteiger partial charge is 0.238 e. The Labute approximate surface area is 127 Å². The molecule has 116 valence electrons. The van der Waals surface area contributed by atoms with Gasteiger partial charge >= 0.3 is 0 Å². The van der Waals surface area contributed by atoms with Gasteiger partial charge in [-0.1, -0.05) is 19.3 Å². The molecule has 0 aromatic heterocycles. The molecule has 0 heterocycles. The molecule has 2 fully saturated rings. The standard InChI is InChI=1S/C16H30N2OS/c1-12(2)18-16(15(17)19)10-5-6-13(16)9-11-20-14-7-3-4-8-14/h12-14,18H,3-11H2,1-2H3,(H2,17,19). The molecule has 0 bridgehead atoms. The lowest BCUT2D eigenvalue weighted by Crippen LogP contribution is -2.60. The molecule has 0 spiro atoms. The van der Waals surface area contributed by atoms with Crippen LogP contribution in [0.3, 0.4) is 0 Å². The first kappa shape index (κ1) is 16.2. The quantitative estimate of drug-likeness (QED) is 0.759. The average molecular weight is 298 g/mol. The Bertz CT molecular complexity index is 328. The van der Waals surface area contributed by atoms with Gasteiger partial charge in [0, 0.05) is 11.3 Å². The molecule has 0 aliphatic heterocycles. The zero-order valence-corrected chi connectivity index (χ0v) is 13.8. The van der Waals surface area contributed by atoms with Gasteiger partial charge in [-0.3, -0.25) is 4.79 Å². The van der Waals surface area contributed by atoms with Crippen LogP contribution >= 0.6 is 11.8 Å². The number of hydrogen-bond acceptors (Lipinski definition) is 3. The van der Waals surface area contributed by atoms with E-state index in [1.165, 1.54) is 31.4 Å². The summed E-state index contributed by atoms with van der Waals surface area (Å²) < 4.78 is 0. The van der Waals surface area contributed by atoms with Crippen LogP contribution < -0.4 is 11.1 Å². The number of nitrogens with one attached hydrogen (secondary N) is 1. The predicted octanol–water partition coefficient (Wildman–Crippen LogP) is 3.07. The van der Waals surface area contributed by atoms with E-state index in [1.54, 1.807) is 0 Å². The number of rotatable bonds is 7. The van der Waals surface area contributed by atoms with Crippen molar-refractivity contribution in [3.05, 3.63) is 0 Å². The summed E-state index contributed by atoms with van der Waals surface area (Å²) in [6, 6.07) is 0.311. The van der Waals surface area contributed by atoms with Gasteiger partial charge in [0.25, 0.3) is 0 Å². The van der Waals surface area contributed by atoms with Crippen molar-refractivity contribution in [3.63, 3.8) is 0 Å². The highest BCUT2D eigenvalue weighted by atomic mass is 32.2. The van der Waals surface area contributed by atoms with Crippen molar-refractivity contribution >= 4 is 17.7 Å². The van der Waals surface area contributed by atoms with Crippen LogP contribution in [0.15, 0.2) is 0 Å². The number of hydrogen-bond donors (Lipinski definition) is 2. The maximum Gasteiger partial charge on any atom is 0.238 e. The van der Waals surface area contributed by atoms with E-state index in [-0.39, 0.29) is 5.91 Å². The van der Waals surface area contributed by atoms with Gasteiger partial charge in [-0.05, 0) is 57.6 Å². The summed E-state index contributed by atoms with van der Waals surface area (Å²) in [6.45, 7) is 4.21. The van der Waals surface area contributed by atoms with Crippen molar-refractivity contribution in [2.45, 2.75) is 82.0 Å². The number of thioether (sulfide) groups is 1. The van der Waals surface area contributed by atoms with E-state index in [0.29, 0.717) is 12.0 Å². The predicted molar refractivity (Wildman–Crippen MR) is 86.9 cm³/mol. The maximum atomic E-state index is 12.0. The largest absolute Gasteiger partial charge is 0.368 e. The van der Waals surface area contributed by atoms with E-state index < -0.39 is 5.54 Å². The highest BCUT2D eigenvalue weighted by molar-refractivity contribution is 7.99. The van der Waals surface area contributed by atoms with Gasteiger partial charge in [0.05, 0.1) is 0 Å². The van der Waals surface area contributed by atoms with Crippen LogP contribution in [0.2, 0.25) is 0 Å². The zero-order chi connectivity index (χ0) is 14.6. The van der Waals surface area contributed by atoms with Gasteiger partial charge < -0.3 is 11.1 Å². The van der Waals surface area contributed by atoms with Crippen LogP contribution in [-0.2, 0) is 4.79 Å². The minimum absolute atomic E-state index is 0.139. The molecule has 2 unspecified atom stereocenters. The lowest BCUT2D eigenvalue weighted by molar-refractivity contribution is -0.126. The molecule has 2 saturated carbocycles. The normalized spacial score (nSPS) is 31.2. The topological polar surface area (TPSA) is 55.1 Å². The Morgan fingerprint density at radius 1 is 1.30 bits per heavy atom. The van der Waals surface area contributed by atoms with Gasteiger partial charge in [-0.25, -0.2) is 0 Å². The van der Waals surface area contributed by atoms with Gasteiger partial charge in [-0.15, -0.1) is 0 Å². The molecule has 2 rings (SSSR count). The van der Waals surface area contributed by atoms with Crippen LogP contribution in [0.5, 0.6) is 0 Å². The zero-order valence-electron chi connectivity index (χ0n) is 13.0. The Morgan fingerprint density at radius 3 is 2.60 bits per heavy atom. The minimum atomic E-state index is -0.440. The molecule has 4 heteroatoms. The van der Waals surface area contributed by atoms with Crippen LogP contribution in [0.25, 0.3) is 0 Å². The molecular weight excluding hydrogens is 268 g/mol. The van der Waals surface area contributed by atoms with E-state index in [0.717, 1.165) is 30.9 Å².